The van der Waals surface area contributed by atoms with Gasteiger partial charge in [0.2, 0.25) is 15.9 Å². The predicted molar refractivity (Wildman–Crippen MR) is 93.5 cm³/mol. The lowest BCUT2D eigenvalue weighted by atomic mass is 10.3. The van der Waals surface area contributed by atoms with Crippen molar-refractivity contribution < 1.29 is 22.3 Å². The summed E-state index contributed by atoms with van der Waals surface area (Å²) in [6.07, 6.45) is 0.988. The zero-order valence-electron chi connectivity index (χ0n) is 13.7. The van der Waals surface area contributed by atoms with Crippen LogP contribution in [-0.2, 0) is 14.8 Å². The monoisotopic (exact) mass is 366 g/mol. The van der Waals surface area contributed by atoms with Crippen LogP contribution in [0.3, 0.4) is 0 Å². The molecule has 2 rings (SSSR count). The number of para-hydroxylation sites is 1. The zero-order chi connectivity index (χ0) is 18.3. The normalized spacial score (nSPS) is 11.0. The molecule has 6 nitrogen and oxygen atoms in total. The molecule has 0 fully saturated rings. The zero-order valence-corrected chi connectivity index (χ0v) is 14.5. The van der Waals surface area contributed by atoms with Gasteiger partial charge in [0.1, 0.15) is 24.7 Å². The molecule has 0 saturated heterocycles. The molecule has 1 amide bonds. The SMILES string of the molecule is CS(=O)(=O)N(CC(=O)NCCOc1ccccc1)c1ccc(F)cc1. The number of hydrogen-bond acceptors (Lipinski definition) is 4. The first kappa shape index (κ1) is 18.7. The van der Waals surface area contributed by atoms with E-state index in [1.54, 1.807) is 12.1 Å². The van der Waals surface area contributed by atoms with Gasteiger partial charge in [0.05, 0.1) is 18.5 Å². The first-order chi connectivity index (χ1) is 11.9. The third-order valence-corrected chi connectivity index (χ3v) is 4.38. The minimum absolute atomic E-state index is 0.222. The van der Waals surface area contributed by atoms with Gasteiger partial charge in [0, 0.05) is 0 Å². The Morgan fingerprint density at radius 1 is 1.12 bits per heavy atom. The van der Waals surface area contributed by atoms with E-state index in [0.29, 0.717) is 5.75 Å². The molecule has 2 aromatic carbocycles. The maximum atomic E-state index is 13.0. The molecule has 0 aromatic heterocycles. The highest BCUT2D eigenvalue weighted by molar-refractivity contribution is 7.92. The molecular weight excluding hydrogens is 347 g/mol. The topological polar surface area (TPSA) is 75.7 Å². The summed E-state index contributed by atoms with van der Waals surface area (Å²) in [6.45, 7) is 0.0930. The fraction of sp³-hybridized carbons (Fsp3) is 0.235. The van der Waals surface area contributed by atoms with Gasteiger partial charge >= 0.3 is 0 Å². The van der Waals surface area contributed by atoms with E-state index in [9.17, 15) is 17.6 Å². The Morgan fingerprint density at radius 2 is 1.76 bits per heavy atom. The molecule has 0 aliphatic heterocycles. The van der Waals surface area contributed by atoms with Gasteiger partial charge in [0.25, 0.3) is 0 Å². The van der Waals surface area contributed by atoms with Crippen molar-refractivity contribution in [3.63, 3.8) is 0 Å². The van der Waals surface area contributed by atoms with Crippen LogP contribution in [0.25, 0.3) is 0 Å². The molecule has 1 N–H and O–H groups in total. The number of sulfonamides is 1. The average molecular weight is 366 g/mol. The van der Waals surface area contributed by atoms with E-state index in [0.717, 1.165) is 22.7 Å². The summed E-state index contributed by atoms with van der Waals surface area (Å²) in [4.78, 5) is 12.0. The van der Waals surface area contributed by atoms with Crippen LogP contribution in [0.4, 0.5) is 10.1 Å². The van der Waals surface area contributed by atoms with E-state index in [2.05, 4.69) is 5.32 Å². The van der Waals surface area contributed by atoms with Crippen molar-refractivity contribution in [1.29, 1.82) is 0 Å². The molecular formula is C17H19FN2O4S. The molecule has 0 saturated carbocycles. The van der Waals surface area contributed by atoms with Crippen molar-refractivity contribution in [2.75, 3.05) is 30.3 Å². The van der Waals surface area contributed by atoms with Gasteiger partial charge in [-0.25, -0.2) is 12.8 Å². The lowest BCUT2D eigenvalue weighted by Crippen LogP contribution is -2.41. The maximum Gasteiger partial charge on any atom is 0.240 e. The second-order valence-electron chi connectivity index (χ2n) is 5.26. The highest BCUT2D eigenvalue weighted by Gasteiger charge is 2.20. The van der Waals surface area contributed by atoms with Gasteiger partial charge in [-0.2, -0.15) is 0 Å². The third kappa shape index (κ3) is 6.07. The summed E-state index contributed by atoms with van der Waals surface area (Å²) in [5, 5.41) is 2.59. The summed E-state index contributed by atoms with van der Waals surface area (Å²) in [5.74, 6) is -0.285. The van der Waals surface area contributed by atoms with E-state index < -0.39 is 28.3 Å². The Bertz CT molecular complexity index is 795. The van der Waals surface area contributed by atoms with Gasteiger partial charge in [-0.3, -0.25) is 9.10 Å². The van der Waals surface area contributed by atoms with E-state index in [4.69, 9.17) is 4.74 Å². The van der Waals surface area contributed by atoms with Gasteiger partial charge in [0.15, 0.2) is 0 Å². The summed E-state index contributed by atoms with van der Waals surface area (Å²) in [5.41, 5.74) is 0.222. The van der Waals surface area contributed by atoms with Crippen LogP contribution in [0, 0.1) is 5.82 Å². The quantitative estimate of drug-likeness (QED) is 0.723. The number of carbonyl (C=O) groups excluding carboxylic acids is 1. The van der Waals surface area contributed by atoms with Crippen LogP contribution in [-0.4, -0.2) is 40.3 Å². The van der Waals surface area contributed by atoms with Crippen LogP contribution >= 0.6 is 0 Å². The highest BCUT2D eigenvalue weighted by atomic mass is 32.2. The number of anilines is 1. The number of nitrogens with zero attached hydrogens (tertiary/aromatic N) is 1. The van der Waals surface area contributed by atoms with E-state index >= 15 is 0 Å². The Kier molecular flexibility index (Phi) is 6.35. The molecule has 8 heteroatoms. The molecule has 0 aliphatic rings. The van der Waals surface area contributed by atoms with E-state index in [-0.39, 0.29) is 18.8 Å². The van der Waals surface area contributed by atoms with Crippen molar-refractivity contribution in [3.8, 4) is 5.75 Å². The van der Waals surface area contributed by atoms with Gasteiger partial charge < -0.3 is 10.1 Å². The third-order valence-electron chi connectivity index (χ3n) is 3.24. The van der Waals surface area contributed by atoms with Crippen molar-refractivity contribution in [2.24, 2.45) is 0 Å². The first-order valence-electron chi connectivity index (χ1n) is 7.54. The molecule has 0 aliphatic carbocycles. The van der Waals surface area contributed by atoms with E-state index in [1.807, 2.05) is 18.2 Å². The molecule has 2 aromatic rings. The number of halogens is 1. The van der Waals surface area contributed by atoms with Crippen LogP contribution in [0.1, 0.15) is 0 Å². The number of ether oxygens (including phenoxy) is 1. The summed E-state index contributed by atoms with van der Waals surface area (Å²) >= 11 is 0. The van der Waals surface area contributed by atoms with Crippen LogP contribution in [0.2, 0.25) is 0 Å². The number of amides is 1. The van der Waals surface area contributed by atoms with Gasteiger partial charge in [-0.1, -0.05) is 18.2 Å². The van der Waals surface area contributed by atoms with Crippen LogP contribution < -0.4 is 14.4 Å². The standard InChI is InChI=1S/C17H19FN2O4S/c1-25(22,23)20(15-9-7-14(18)8-10-15)13-17(21)19-11-12-24-16-5-3-2-4-6-16/h2-10H,11-13H2,1H3,(H,19,21). The fourth-order valence-corrected chi connectivity index (χ4v) is 2.93. The predicted octanol–water partition coefficient (Wildman–Crippen LogP) is 1.79. The second-order valence-corrected chi connectivity index (χ2v) is 7.16. The molecule has 0 unspecified atom stereocenters. The molecule has 25 heavy (non-hydrogen) atoms. The molecule has 134 valence electrons. The van der Waals surface area contributed by atoms with Crippen LogP contribution in [0.5, 0.6) is 5.75 Å². The Hall–Kier alpha value is -2.61. The van der Waals surface area contributed by atoms with Crippen molar-refractivity contribution in [1.82, 2.24) is 5.32 Å². The first-order valence-corrected chi connectivity index (χ1v) is 9.39. The van der Waals surface area contributed by atoms with E-state index in [1.165, 1.54) is 12.1 Å². The summed E-state index contributed by atoms with van der Waals surface area (Å²) in [7, 11) is -3.68. The van der Waals surface area contributed by atoms with Crippen molar-refractivity contribution in [2.45, 2.75) is 0 Å². The molecule has 0 heterocycles. The highest BCUT2D eigenvalue weighted by Crippen LogP contribution is 2.17. The van der Waals surface area contributed by atoms with Gasteiger partial charge in [-0.15, -0.1) is 0 Å². The second kappa shape index (κ2) is 8.48. The number of hydrogen-bond donors (Lipinski definition) is 1. The Labute approximate surface area is 146 Å². The number of carbonyl (C=O) groups is 1. The average Bonchev–Trinajstić information content (AvgIpc) is 2.57. The summed E-state index contributed by atoms with van der Waals surface area (Å²) in [6, 6.07) is 14.0. The smallest absolute Gasteiger partial charge is 0.240 e. The van der Waals surface area contributed by atoms with Crippen LogP contribution in [0.15, 0.2) is 54.6 Å². The van der Waals surface area contributed by atoms with Crippen molar-refractivity contribution >= 4 is 21.6 Å². The molecule has 0 radical (unpaired) electrons. The molecule has 0 bridgehead atoms. The number of rotatable bonds is 8. The minimum atomic E-state index is -3.68. The summed E-state index contributed by atoms with van der Waals surface area (Å²) < 4.78 is 43.1. The Balaban J connectivity index is 1.88. The van der Waals surface area contributed by atoms with Crippen molar-refractivity contribution in [3.05, 3.63) is 60.4 Å². The molecule has 0 atom stereocenters. The fourth-order valence-electron chi connectivity index (χ4n) is 2.07. The Morgan fingerprint density at radius 3 is 2.36 bits per heavy atom. The lowest BCUT2D eigenvalue weighted by molar-refractivity contribution is -0.119. The molecule has 0 spiro atoms. The maximum absolute atomic E-state index is 13.0. The number of nitrogens with one attached hydrogen (secondary N) is 1. The lowest BCUT2D eigenvalue weighted by Gasteiger charge is -2.21. The largest absolute Gasteiger partial charge is 0.492 e. The number of benzene rings is 2. The minimum Gasteiger partial charge on any atom is -0.492 e. The van der Waals surface area contributed by atoms with Gasteiger partial charge in [-0.05, 0) is 36.4 Å².